The van der Waals surface area contributed by atoms with Crippen molar-refractivity contribution in [2.75, 3.05) is 19.7 Å². The quantitative estimate of drug-likeness (QED) is 0.814. The summed E-state index contributed by atoms with van der Waals surface area (Å²) >= 11 is 0. The first-order valence-corrected chi connectivity index (χ1v) is 8.03. The van der Waals surface area contributed by atoms with Gasteiger partial charge in [-0.3, -0.25) is 0 Å². The highest BCUT2D eigenvalue weighted by atomic mass is 19.1. The van der Waals surface area contributed by atoms with Gasteiger partial charge in [-0.25, -0.2) is 14.2 Å². The lowest BCUT2D eigenvalue weighted by Gasteiger charge is -2.21. The molecule has 2 aromatic rings. The zero-order chi connectivity index (χ0) is 16.9. The fourth-order valence-electron chi connectivity index (χ4n) is 2.49. The molecule has 7 heteroatoms. The van der Waals surface area contributed by atoms with E-state index < -0.39 is 0 Å². The Bertz CT molecular complexity index is 683. The first-order chi connectivity index (χ1) is 11.7. The van der Waals surface area contributed by atoms with E-state index in [1.54, 1.807) is 17.0 Å². The summed E-state index contributed by atoms with van der Waals surface area (Å²) in [4.78, 5) is 18.1. The van der Waals surface area contributed by atoms with Gasteiger partial charge in [-0.2, -0.15) is 0 Å². The number of benzene rings is 1. The van der Waals surface area contributed by atoms with Gasteiger partial charge in [0.15, 0.2) is 0 Å². The van der Waals surface area contributed by atoms with Crippen molar-refractivity contribution in [2.24, 2.45) is 0 Å². The molecule has 0 saturated heterocycles. The molecule has 1 saturated carbocycles. The van der Waals surface area contributed by atoms with E-state index in [0.29, 0.717) is 31.0 Å². The summed E-state index contributed by atoms with van der Waals surface area (Å²) in [5, 5.41) is 11.9. The fraction of sp³-hybridized carbons (Fsp3) is 0.412. The smallest absolute Gasteiger partial charge is 0.317 e. The number of oxazole rings is 1. The molecular weight excluding hydrogens is 313 g/mol. The van der Waals surface area contributed by atoms with Crippen molar-refractivity contribution in [3.8, 4) is 11.5 Å². The third kappa shape index (κ3) is 4.11. The number of rotatable bonds is 7. The van der Waals surface area contributed by atoms with Crippen molar-refractivity contribution in [1.29, 1.82) is 0 Å². The first-order valence-electron chi connectivity index (χ1n) is 8.03. The standard InChI is InChI=1S/C17H20FN3O3/c18-13-3-1-12(2-4-13)16-20-14(11-24-16)7-8-19-17(23)21(9-10-22)15-5-6-15/h1-4,11,15,22H,5-10H2,(H,19,23). The van der Waals surface area contributed by atoms with Crippen LogP contribution in [0.15, 0.2) is 34.9 Å². The van der Waals surface area contributed by atoms with Gasteiger partial charge in [0.2, 0.25) is 5.89 Å². The third-order valence-corrected chi connectivity index (χ3v) is 3.89. The van der Waals surface area contributed by atoms with Crippen LogP contribution in [0.4, 0.5) is 9.18 Å². The van der Waals surface area contributed by atoms with Crippen molar-refractivity contribution in [2.45, 2.75) is 25.3 Å². The van der Waals surface area contributed by atoms with Gasteiger partial charge < -0.3 is 19.7 Å². The SMILES string of the molecule is O=C(NCCc1coc(-c2ccc(F)cc2)n1)N(CCO)C1CC1. The molecule has 0 unspecified atom stereocenters. The van der Waals surface area contributed by atoms with Gasteiger partial charge >= 0.3 is 6.03 Å². The molecule has 3 rings (SSSR count). The van der Waals surface area contributed by atoms with Gasteiger partial charge in [0.05, 0.1) is 12.3 Å². The molecule has 1 aliphatic rings. The second kappa shape index (κ2) is 7.44. The maximum atomic E-state index is 12.9. The Morgan fingerprint density at radius 1 is 1.38 bits per heavy atom. The second-order valence-electron chi connectivity index (χ2n) is 5.78. The maximum absolute atomic E-state index is 12.9. The van der Waals surface area contributed by atoms with Gasteiger partial charge in [-0.15, -0.1) is 0 Å². The van der Waals surface area contributed by atoms with Crippen molar-refractivity contribution in [3.05, 3.63) is 42.0 Å². The second-order valence-corrected chi connectivity index (χ2v) is 5.78. The number of carbonyl (C=O) groups excluding carboxylic acids is 1. The number of aliphatic hydroxyl groups is 1. The van der Waals surface area contributed by atoms with Crippen molar-refractivity contribution < 1.29 is 18.7 Å². The predicted molar refractivity (Wildman–Crippen MR) is 85.8 cm³/mol. The zero-order valence-corrected chi connectivity index (χ0v) is 13.2. The summed E-state index contributed by atoms with van der Waals surface area (Å²) in [6, 6.07) is 6.02. The fourth-order valence-corrected chi connectivity index (χ4v) is 2.49. The number of nitrogens with one attached hydrogen (secondary N) is 1. The van der Waals surface area contributed by atoms with E-state index in [0.717, 1.165) is 18.5 Å². The molecule has 6 nitrogen and oxygen atoms in total. The van der Waals surface area contributed by atoms with Crippen LogP contribution < -0.4 is 5.32 Å². The number of hydrogen-bond donors (Lipinski definition) is 2. The molecule has 1 aromatic carbocycles. The molecule has 1 heterocycles. The molecule has 2 amide bonds. The predicted octanol–water partition coefficient (Wildman–Crippen LogP) is 2.19. The van der Waals surface area contributed by atoms with Gasteiger partial charge in [0, 0.05) is 31.1 Å². The Kier molecular flexibility index (Phi) is 5.10. The van der Waals surface area contributed by atoms with Crippen LogP contribution in [0.25, 0.3) is 11.5 Å². The molecule has 0 spiro atoms. The van der Waals surface area contributed by atoms with E-state index in [9.17, 15) is 9.18 Å². The minimum atomic E-state index is -0.309. The summed E-state index contributed by atoms with van der Waals surface area (Å²) < 4.78 is 18.3. The van der Waals surface area contributed by atoms with Crippen LogP contribution in [0.1, 0.15) is 18.5 Å². The Balaban J connectivity index is 1.50. The van der Waals surface area contributed by atoms with Gasteiger partial charge in [-0.1, -0.05) is 0 Å². The lowest BCUT2D eigenvalue weighted by molar-refractivity contribution is 0.174. The summed E-state index contributed by atoms with van der Waals surface area (Å²) in [5.74, 6) is 0.118. The molecule has 0 aliphatic heterocycles. The molecule has 0 atom stereocenters. The van der Waals surface area contributed by atoms with E-state index in [4.69, 9.17) is 9.52 Å². The molecule has 0 bridgehead atoms. The Hall–Kier alpha value is -2.41. The van der Waals surface area contributed by atoms with Crippen molar-refractivity contribution in [1.82, 2.24) is 15.2 Å². The van der Waals surface area contributed by atoms with E-state index in [1.165, 1.54) is 18.4 Å². The Morgan fingerprint density at radius 2 is 2.12 bits per heavy atom. The number of nitrogens with zero attached hydrogens (tertiary/aromatic N) is 2. The molecular formula is C17H20FN3O3. The lowest BCUT2D eigenvalue weighted by atomic mass is 10.2. The molecule has 1 aliphatic carbocycles. The Morgan fingerprint density at radius 3 is 2.79 bits per heavy atom. The molecule has 1 fully saturated rings. The normalized spacial score (nSPS) is 13.8. The number of halogens is 1. The number of carbonyl (C=O) groups is 1. The number of hydrogen-bond acceptors (Lipinski definition) is 4. The largest absolute Gasteiger partial charge is 0.444 e. The van der Waals surface area contributed by atoms with E-state index in [2.05, 4.69) is 10.3 Å². The Labute approximate surface area is 139 Å². The molecule has 1 aromatic heterocycles. The minimum absolute atomic E-state index is 0.0335. The van der Waals surface area contributed by atoms with E-state index >= 15 is 0 Å². The van der Waals surface area contributed by atoms with Crippen LogP contribution in [-0.2, 0) is 6.42 Å². The van der Waals surface area contributed by atoms with Crippen LogP contribution >= 0.6 is 0 Å². The highest BCUT2D eigenvalue weighted by Gasteiger charge is 2.31. The number of aromatic nitrogens is 1. The van der Waals surface area contributed by atoms with E-state index in [1.807, 2.05) is 0 Å². The van der Waals surface area contributed by atoms with Crippen LogP contribution in [0.5, 0.6) is 0 Å². The summed E-state index contributed by atoms with van der Waals surface area (Å²) in [6.07, 6.45) is 4.07. The van der Waals surface area contributed by atoms with E-state index in [-0.39, 0.29) is 24.5 Å². The van der Waals surface area contributed by atoms with Crippen LogP contribution in [-0.4, -0.2) is 46.8 Å². The number of amides is 2. The molecule has 128 valence electrons. The summed E-state index contributed by atoms with van der Waals surface area (Å²) in [6.45, 7) is 0.756. The van der Waals surface area contributed by atoms with Crippen LogP contribution in [0, 0.1) is 5.82 Å². The van der Waals surface area contributed by atoms with Crippen LogP contribution in [0.2, 0.25) is 0 Å². The maximum Gasteiger partial charge on any atom is 0.317 e. The molecule has 0 radical (unpaired) electrons. The topological polar surface area (TPSA) is 78.6 Å². The third-order valence-electron chi connectivity index (χ3n) is 3.89. The molecule has 24 heavy (non-hydrogen) atoms. The average molecular weight is 333 g/mol. The first kappa shape index (κ1) is 16.4. The average Bonchev–Trinajstić information content (AvgIpc) is 3.31. The monoisotopic (exact) mass is 333 g/mol. The highest BCUT2D eigenvalue weighted by Crippen LogP contribution is 2.26. The number of aliphatic hydroxyl groups excluding tert-OH is 1. The highest BCUT2D eigenvalue weighted by molar-refractivity contribution is 5.74. The van der Waals surface area contributed by atoms with Crippen LogP contribution in [0.3, 0.4) is 0 Å². The van der Waals surface area contributed by atoms with Gasteiger partial charge in [0.25, 0.3) is 0 Å². The summed E-state index contributed by atoms with van der Waals surface area (Å²) in [7, 11) is 0. The summed E-state index contributed by atoms with van der Waals surface area (Å²) in [5.41, 5.74) is 1.42. The lowest BCUT2D eigenvalue weighted by Crippen LogP contribution is -2.43. The minimum Gasteiger partial charge on any atom is -0.444 e. The number of urea groups is 1. The van der Waals surface area contributed by atoms with Gasteiger partial charge in [0.1, 0.15) is 12.1 Å². The van der Waals surface area contributed by atoms with Crippen molar-refractivity contribution >= 4 is 6.03 Å². The van der Waals surface area contributed by atoms with Gasteiger partial charge in [-0.05, 0) is 37.1 Å². The zero-order valence-electron chi connectivity index (χ0n) is 13.2. The van der Waals surface area contributed by atoms with Crippen molar-refractivity contribution in [3.63, 3.8) is 0 Å². The molecule has 2 N–H and O–H groups in total.